The Bertz CT molecular complexity index is 1490. The lowest BCUT2D eigenvalue weighted by molar-refractivity contribution is -0.132. The van der Waals surface area contributed by atoms with E-state index in [0.717, 1.165) is 16.2 Å². The van der Waals surface area contributed by atoms with E-state index in [1.165, 1.54) is 22.5 Å². The highest BCUT2D eigenvalue weighted by molar-refractivity contribution is 5.79. The molecule has 0 saturated carbocycles. The number of piperazine rings is 1. The molecule has 5 heterocycles. The third-order valence-electron chi connectivity index (χ3n) is 6.19. The average Bonchev–Trinajstić information content (AvgIpc) is 3.48. The van der Waals surface area contributed by atoms with E-state index in [1.54, 1.807) is 18.1 Å². The lowest BCUT2D eigenvalue weighted by atomic mass is 10.3. The molecule has 0 radical (unpaired) electrons. The van der Waals surface area contributed by atoms with E-state index in [2.05, 4.69) is 25.1 Å². The molecule has 0 aromatic carbocycles. The first-order valence-electron chi connectivity index (χ1n) is 10.8. The van der Waals surface area contributed by atoms with Crippen molar-refractivity contribution in [1.29, 1.82) is 0 Å². The van der Waals surface area contributed by atoms with Crippen molar-refractivity contribution in [2.75, 3.05) is 31.1 Å². The summed E-state index contributed by atoms with van der Waals surface area (Å²) < 4.78 is 5.69. The Morgan fingerprint density at radius 1 is 0.971 bits per heavy atom. The van der Waals surface area contributed by atoms with Gasteiger partial charge in [0.1, 0.15) is 12.4 Å². The van der Waals surface area contributed by atoms with E-state index in [-0.39, 0.29) is 23.6 Å². The van der Waals surface area contributed by atoms with Crippen LogP contribution in [0.4, 0.5) is 5.82 Å². The van der Waals surface area contributed by atoms with Gasteiger partial charge in [0.25, 0.3) is 5.56 Å². The van der Waals surface area contributed by atoms with Crippen molar-refractivity contribution in [3.8, 4) is 5.82 Å². The van der Waals surface area contributed by atoms with Crippen LogP contribution in [-0.2, 0) is 25.4 Å². The molecule has 0 aliphatic carbocycles. The Kier molecular flexibility index (Phi) is 5.23. The molecule has 1 aliphatic heterocycles. The first-order chi connectivity index (χ1) is 16.3. The summed E-state index contributed by atoms with van der Waals surface area (Å²) in [7, 11) is 2.96. The van der Waals surface area contributed by atoms with E-state index >= 15 is 0 Å². The topological polar surface area (TPSA) is 129 Å². The van der Waals surface area contributed by atoms with Gasteiger partial charge in [-0.1, -0.05) is 0 Å². The van der Waals surface area contributed by atoms with Crippen molar-refractivity contribution >= 4 is 22.9 Å². The van der Waals surface area contributed by atoms with Crippen LogP contribution in [0.1, 0.15) is 5.82 Å². The molecular formula is C21H24N10O3. The number of amides is 1. The zero-order chi connectivity index (χ0) is 24.0. The second kappa shape index (κ2) is 8.24. The number of rotatable bonds is 4. The van der Waals surface area contributed by atoms with Gasteiger partial charge in [-0.3, -0.25) is 23.3 Å². The molecule has 0 N–H and O–H groups in total. The molecule has 5 rings (SSSR count). The Morgan fingerprint density at radius 2 is 1.68 bits per heavy atom. The van der Waals surface area contributed by atoms with Crippen molar-refractivity contribution in [1.82, 2.24) is 43.3 Å². The predicted molar refractivity (Wildman–Crippen MR) is 123 cm³/mol. The molecule has 13 heteroatoms. The molecule has 4 aromatic rings. The quantitative estimate of drug-likeness (QED) is 0.379. The van der Waals surface area contributed by atoms with Gasteiger partial charge < -0.3 is 14.4 Å². The molecule has 176 valence electrons. The summed E-state index contributed by atoms with van der Waals surface area (Å²) >= 11 is 0. The Balaban J connectivity index is 1.26. The maximum Gasteiger partial charge on any atom is 0.332 e. The van der Waals surface area contributed by atoms with Crippen molar-refractivity contribution in [2.45, 2.75) is 13.5 Å². The van der Waals surface area contributed by atoms with Crippen LogP contribution < -0.4 is 16.1 Å². The first kappa shape index (κ1) is 21.6. The number of imidazole rings is 2. The van der Waals surface area contributed by atoms with Gasteiger partial charge in [0.05, 0.1) is 6.33 Å². The molecule has 0 bridgehead atoms. The number of anilines is 1. The number of hydrogen-bond acceptors (Lipinski definition) is 8. The van der Waals surface area contributed by atoms with Gasteiger partial charge in [-0.15, -0.1) is 10.2 Å². The molecule has 13 nitrogen and oxygen atoms in total. The molecule has 34 heavy (non-hydrogen) atoms. The van der Waals surface area contributed by atoms with E-state index in [4.69, 9.17) is 0 Å². The standard InChI is InChI=1S/C21H24N10O3/c1-14-22-6-7-31(14)16-5-4-15(24-25-16)28-8-10-29(11-9-28)17(32)12-30-13-23-19-18(30)20(33)27(3)21(34)26(19)2/h4-7,13H,8-12H2,1-3H3. The zero-order valence-electron chi connectivity index (χ0n) is 19.1. The molecule has 1 saturated heterocycles. The van der Waals surface area contributed by atoms with E-state index in [9.17, 15) is 14.4 Å². The lowest BCUT2D eigenvalue weighted by Crippen LogP contribution is -2.50. The number of aryl methyl sites for hydroxylation is 2. The highest BCUT2D eigenvalue weighted by atomic mass is 16.2. The molecule has 0 unspecified atom stereocenters. The van der Waals surface area contributed by atoms with Gasteiger partial charge in [0, 0.05) is 52.7 Å². The highest BCUT2D eigenvalue weighted by Crippen LogP contribution is 2.15. The summed E-state index contributed by atoms with van der Waals surface area (Å²) in [6.07, 6.45) is 4.98. The minimum atomic E-state index is -0.471. The Morgan fingerprint density at radius 3 is 2.32 bits per heavy atom. The van der Waals surface area contributed by atoms with Crippen LogP contribution in [0, 0.1) is 6.92 Å². The molecule has 0 spiro atoms. The van der Waals surface area contributed by atoms with Gasteiger partial charge in [-0.25, -0.2) is 14.8 Å². The molecule has 1 amide bonds. The number of nitrogens with zero attached hydrogens (tertiary/aromatic N) is 10. The normalized spacial score (nSPS) is 14.2. The number of carbonyl (C=O) groups excluding carboxylic acids is 1. The third kappa shape index (κ3) is 3.54. The zero-order valence-corrected chi connectivity index (χ0v) is 19.1. The Labute approximate surface area is 193 Å². The minimum Gasteiger partial charge on any atom is -0.352 e. The highest BCUT2D eigenvalue weighted by Gasteiger charge is 2.24. The average molecular weight is 464 g/mol. The Hall–Kier alpha value is -4.29. The summed E-state index contributed by atoms with van der Waals surface area (Å²) in [5.74, 6) is 2.16. The van der Waals surface area contributed by atoms with Crippen molar-refractivity contribution in [3.05, 3.63) is 57.5 Å². The third-order valence-corrected chi connectivity index (χ3v) is 6.19. The van der Waals surface area contributed by atoms with Gasteiger partial charge in [0.15, 0.2) is 22.8 Å². The molecule has 1 aliphatic rings. The largest absolute Gasteiger partial charge is 0.352 e. The number of carbonyl (C=O) groups is 1. The van der Waals surface area contributed by atoms with Crippen molar-refractivity contribution in [2.24, 2.45) is 14.1 Å². The van der Waals surface area contributed by atoms with Gasteiger partial charge in [-0.05, 0) is 19.1 Å². The molecule has 4 aromatic heterocycles. The van der Waals surface area contributed by atoms with E-state index in [1.807, 2.05) is 29.8 Å². The van der Waals surface area contributed by atoms with Crippen LogP contribution in [0.5, 0.6) is 0 Å². The van der Waals surface area contributed by atoms with Crippen molar-refractivity contribution in [3.63, 3.8) is 0 Å². The smallest absolute Gasteiger partial charge is 0.332 e. The second-order valence-electron chi connectivity index (χ2n) is 8.21. The summed E-state index contributed by atoms with van der Waals surface area (Å²) in [4.78, 5) is 49.9. The van der Waals surface area contributed by atoms with Gasteiger partial charge in [-0.2, -0.15) is 0 Å². The fourth-order valence-electron chi connectivity index (χ4n) is 4.18. The van der Waals surface area contributed by atoms with Crippen molar-refractivity contribution < 1.29 is 4.79 Å². The summed E-state index contributed by atoms with van der Waals surface area (Å²) in [5, 5.41) is 8.65. The minimum absolute atomic E-state index is 0.0251. The van der Waals surface area contributed by atoms with Crippen LogP contribution in [0.15, 0.2) is 40.4 Å². The number of fused-ring (bicyclic) bond motifs is 1. The fraction of sp³-hybridized carbons (Fsp3) is 0.381. The number of hydrogen-bond donors (Lipinski definition) is 0. The fourth-order valence-corrected chi connectivity index (χ4v) is 4.18. The van der Waals surface area contributed by atoms with E-state index < -0.39 is 11.2 Å². The van der Waals surface area contributed by atoms with Gasteiger partial charge >= 0.3 is 5.69 Å². The predicted octanol–water partition coefficient (Wildman–Crippen LogP) is -0.933. The van der Waals surface area contributed by atoms with Crippen LogP contribution in [0.2, 0.25) is 0 Å². The van der Waals surface area contributed by atoms with Crippen LogP contribution in [0.25, 0.3) is 17.0 Å². The molecule has 0 atom stereocenters. The summed E-state index contributed by atoms with van der Waals surface area (Å²) in [6.45, 7) is 4.15. The maximum absolute atomic E-state index is 13.0. The molecular weight excluding hydrogens is 440 g/mol. The summed E-state index contributed by atoms with van der Waals surface area (Å²) in [6, 6.07) is 3.81. The molecule has 1 fully saturated rings. The lowest BCUT2D eigenvalue weighted by Gasteiger charge is -2.35. The second-order valence-corrected chi connectivity index (χ2v) is 8.21. The monoisotopic (exact) mass is 464 g/mol. The van der Waals surface area contributed by atoms with Crippen LogP contribution in [-0.4, -0.2) is 75.4 Å². The SMILES string of the molecule is Cc1nccn1-c1ccc(N2CCN(C(=O)Cn3cnc4c3c(=O)n(C)c(=O)n4C)CC2)nn1. The van der Waals surface area contributed by atoms with Crippen LogP contribution in [0.3, 0.4) is 0 Å². The summed E-state index contributed by atoms with van der Waals surface area (Å²) in [5.41, 5.74) is -0.429. The van der Waals surface area contributed by atoms with E-state index in [0.29, 0.717) is 32.0 Å². The van der Waals surface area contributed by atoms with Crippen LogP contribution >= 0.6 is 0 Å². The van der Waals surface area contributed by atoms with Gasteiger partial charge in [0.2, 0.25) is 5.91 Å². The number of aromatic nitrogens is 8. The maximum atomic E-state index is 13.0. The first-order valence-corrected chi connectivity index (χ1v) is 10.8.